The first kappa shape index (κ1) is 9.19. The number of hydrogen-bond donors (Lipinski definition) is 1. The van der Waals surface area contributed by atoms with Gasteiger partial charge in [0.25, 0.3) is 0 Å². The van der Waals surface area contributed by atoms with Crippen LogP contribution in [0.1, 0.15) is 19.5 Å². The number of hydrogen-bond acceptors (Lipinski definition) is 3. The van der Waals surface area contributed by atoms with Gasteiger partial charge in [0.05, 0.1) is 11.9 Å². The van der Waals surface area contributed by atoms with Gasteiger partial charge < -0.3 is 5.11 Å². The molecule has 0 aliphatic heterocycles. The predicted octanol–water partition coefficient (Wildman–Crippen LogP) is 0.376. The first-order valence-corrected chi connectivity index (χ1v) is 3.99. The first-order chi connectivity index (χ1) is 5.55. The number of rotatable bonds is 3. The quantitative estimate of drug-likeness (QED) is 0.711. The van der Waals surface area contributed by atoms with Crippen molar-refractivity contribution in [3.05, 3.63) is 11.9 Å². The third kappa shape index (κ3) is 2.04. The van der Waals surface area contributed by atoms with Crippen molar-refractivity contribution in [1.82, 2.24) is 15.0 Å². The minimum Gasteiger partial charge on any atom is -0.396 e. The maximum atomic E-state index is 9.03. The molecule has 0 spiro atoms. The van der Waals surface area contributed by atoms with Crippen LogP contribution in [0, 0.1) is 5.41 Å². The van der Waals surface area contributed by atoms with E-state index in [2.05, 4.69) is 10.3 Å². The summed E-state index contributed by atoms with van der Waals surface area (Å²) in [5.74, 6) is 0. The van der Waals surface area contributed by atoms with Crippen molar-refractivity contribution < 1.29 is 5.11 Å². The monoisotopic (exact) mass is 169 g/mol. The second-order valence-electron chi connectivity index (χ2n) is 3.85. The van der Waals surface area contributed by atoms with E-state index in [9.17, 15) is 0 Å². The molecular formula is C8H15N3O. The Bertz CT molecular complexity index is 255. The highest BCUT2D eigenvalue weighted by atomic mass is 16.3. The molecule has 4 heteroatoms. The van der Waals surface area contributed by atoms with Crippen molar-refractivity contribution in [2.45, 2.75) is 20.3 Å². The molecule has 0 atom stereocenters. The van der Waals surface area contributed by atoms with Gasteiger partial charge in [-0.15, -0.1) is 5.10 Å². The summed E-state index contributed by atoms with van der Waals surface area (Å²) in [5, 5.41) is 16.6. The van der Waals surface area contributed by atoms with Crippen molar-refractivity contribution in [2.75, 3.05) is 6.61 Å². The van der Waals surface area contributed by atoms with E-state index in [1.165, 1.54) is 0 Å². The fraction of sp³-hybridized carbons (Fsp3) is 0.750. The summed E-state index contributed by atoms with van der Waals surface area (Å²) in [7, 11) is 1.86. The van der Waals surface area contributed by atoms with E-state index in [-0.39, 0.29) is 12.0 Å². The van der Waals surface area contributed by atoms with Crippen LogP contribution in [0.3, 0.4) is 0 Å². The Balaban J connectivity index is 2.70. The van der Waals surface area contributed by atoms with E-state index >= 15 is 0 Å². The van der Waals surface area contributed by atoms with Gasteiger partial charge in [-0.2, -0.15) is 0 Å². The van der Waals surface area contributed by atoms with Crippen LogP contribution in [0.2, 0.25) is 0 Å². The van der Waals surface area contributed by atoms with Crippen LogP contribution in [0.25, 0.3) is 0 Å². The Morgan fingerprint density at radius 2 is 2.25 bits per heavy atom. The van der Waals surface area contributed by atoms with E-state index < -0.39 is 0 Å². The highest BCUT2D eigenvalue weighted by molar-refractivity contribution is 4.97. The zero-order chi connectivity index (χ0) is 9.19. The zero-order valence-electron chi connectivity index (χ0n) is 7.78. The lowest BCUT2D eigenvalue weighted by Gasteiger charge is -2.20. The molecule has 0 unspecified atom stereocenters. The van der Waals surface area contributed by atoms with Crippen LogP contribution in [0.5, 0.6) is 0 Å². The second-order valence-corrected chi connectivity index (χ2v) is 3.85. The Kier molecular flexibility index (Phi) is 2.47. The molecule has 68 valence electrons. The largest absolute Gasteiger partial charge is 0.396 e. The Labute approximate surface area is 72.2 Å². The summed E-state index contributed by atoms with van der Waals surface area (Å²) in [4.78, 5) is 0. The normalized spacial score (nSPS) is 12.0. The van der Waals surface area contributed by atoms with Crippen molar-refractivity contribution in [3.8, 4) is 0 Å². The highest BCUT2D eigenvalue weighted by Crippen LogP contribution is 2.19. The lowest BCUT2D eigenvalue weighted by molar-refractivity contribution is 0.157. The molecule has 1 heterocycles. The molecule has 1 rings (SSSR count). The zero-order valence-corrected chi connectivity index (χ0v) is 7.78. The van der Waals surface area contributed by atoms with Gasteiger partial charge in [0, 0.05) is 13.7 Å². The van der Waals surface area contributed by atoms with Gasteiger partial charge in [-0.25, -0.2) is 0 Å². The molecule has 0 fully saturated rings. The smallest absolute Gasteiger partial charge is 0.0725 e. The third-order valence-electron chi connectivity index (χ3n) is 1.90. The van der Waals surface area contributed by atoms with Crippen LogP contribution in [0.4, 0.5) is 0 Å². The standard InChI is InChI=1S/C8H15N3O/c1-8(2,6-12)4-7-5-9-10-11(7)3/h5,12H,4,6H2,1-3H3. The van der Waals surface area contributed by atoms with Crippen molar-refractivity contribution in [1.29, 1.82) is 0 Å². The fourth-order valence-corrected chi connectivity index (χ4v) is 1.02. The number of aryl methyl sites for hydroxylation is 1. The molecule has 1 N–H and O–H groups in total. The number of aromatic nitrogens is 3. The van der Waals surface area contributed by atoms with E-state index in [4.69, 9.17) is 5.11 Å². The molecular weight excluding hydrogens is 154 g/mol. The topological polar surface area (TPSA) is 50.9 Å². The summed E-state index contributed by atoms with van der Waals surface area (Å²) in [6, 6.07) is 0. The van der Waals surface area contributed by atoms with Gasteiger partial charge >= 0.3 is 0 Å². The summed E-state index contributed by atoms with van der Waals surface area (Å²) in [6.45, 7) is 4.21. The molecule has 0 bridgehead atoms. The van der Waals surface area contributed by atoms with Gasteiger partial charge in [0.15, 0.2) is 0 Å². The van der Waals surface area contributed by atoms with E-state index in [1.807, 2.05) is 20.9 Å². The molecule has 0 saturated heterocycles. The Hall–Kier alpha value is -0.900. The van der Waals surface area contributed by atoms with Gasteiger partial charge in [-0.1, -0.05) is 19.1 Å². The minimum absolute atomic E-state index is 0.0878. The van der Waals surface area contributed by atoms with Crippen LogP contribution < -0.4 is 0 Å². The van der Waals surface area contributed by atoms with Crippen LogP contribution in [-0.2, 0) is 13.5 Å². The lowest BCUT2D eigenvalue weighted by atomic mass is 9.89. The lowest BCUT2D eigenvalue weighted by Crippen LogP contribution is -2.21. The number of aliphatic hydroxyl groups is 1. The van der Waals surface area contributed by atoms with E-state index in [0.717, 1.165) is 12.1 Å². The average Bonchev–Trinajstić information content (AvgIpc) is 2.36. The van der Waals surface area contributed by atoms with Crippen LogP contribution in [-0.4, -0.2) is 26.7 Å². The third-order valence-corrected chi connectivity index (χ3v) is 1.90. The van der Waals surface area contributed by atoms with Gasteiger partial charge in [-0.3, -0.25) is 4.68 Å². The van der Waals surface area contributed by atoms with Crippen molar-refractivity contribution in [3.63, 3.8) is 0 Å². The van der Waals surface area contributed by atoms with E-state index in [1.54, 1.807) is 10.9 Å². The van der Waals surface area contributed by atoms with Crippen molar-refractivity contribution in [2.24, 2.45) is 12.5 Å². The van der Waals surface area contributed by atoms with Crippen molar-refractivity contribution >= 4 is 0 Å². The van der Waals surface area contributed by atoms with Gasteiger partial charge in [0.1, 0.15) is 0 Å². The average molecular weight is 169 g/mol. The summed E-state index contributed by atoms with van der Waals surface area (Å²) >= 11 is 0. The summed E-state index contributed by atoms with van der Waals surface area (Å²) < 4.78 is 1.73. The maximum absolute atomic E-state index is 9.03. The maximum Gasteiger partial charge on any atom is 0.0725 e. The second kappa shape index (κ2) is 3.23. The van der Waals surface area contributed by atoms with Crippen LogP contribution >= 0.6 is 0 Å². The van der Waals surface area contributed by atoms with E-state index in [0.29, 0.717) is 0 Å². The molecule has 0 aromatic carbocycles. The molecule has 0 saturated carbocycles. The number of aliphatic hydroxyl groups excluding tert-OH is 1. The molecule has 0 amide bonds. The number of nitrogens with zero attached hydrogens (tertiary/aromatic N) is 3. The molecule has 0 aliphatic carbocycles. The molecule has 1 aromatic rings. The van der Waals surface area contributed by atoms with Gasteiger partial charge in [0.2, 0.25) is 0 Å². The van der Waals surface area contributed by atoms with Gasteiger partial charge in [-0.05, 0) is 11.8 Å². The SMILES string of the molecule is Cn1nncc1CC(C)(C)CO. The van der Waals surface area contributed by atoms with Crippen LogP contribution in [0.15, 0.2) is 6.20 Å². The molecule has 1 aromatic heterocycles. The summed E-state index contributed by atoms with van der Waals surface area (Å²) in [6.07, 6.45) is 2.53. The highest BCUT2D eigenvalue weighted by Gasteiger charge is 2.18. The molecule has 0 aliphatic rings. The Morgan fingerprint density at radius 1 is 1.58 bits per heavy atom. The minimum atomic E-state index is -0.0878. The predicted molar refractivity (Wildman–Crippen MR) is 45.6 cm³/mol. The summed E-state index contributed by atoms with van der Waals surface area (Å²) in [5.41, 5.74) is 0.962. The molecule has 12 heavy (non-hydrogen) atoms. The first-order valence-electron chi connectivity index (χ1n) is 3.99. The fourth-order valence-electron chi connectivity index (χ4n) is 1.02. The molecule has 4 nitrogen and oxygen atoms in total. The molecule has 0 radical (unpaired) electrons. The Morgan fingerprint density at radius 3 is 2.67 bits per heavy atom.